The van der Waals surface area contributed by atoms with Gasteiger partial charge >= 0.3 is 6.18 Å². The summed E-state index contributed by atoms with van der Waals surface area (Å²) in [7, 11) is 1.82. The minimum absolute atomic E-state index is 0.103. The molecule has 0 atom stereocenters. The molecule has 11 heteroatoms. The highest BCUT2D eigenvalue weighted by molar-refractivity contribution is 5.83. The van der Waals surface area contributed by atoms with Crippen molar-refractivity contribution < 1.29 is 17.6 Å². The van der Waals surface area contributed by atoms with Crippen LogP contribution in [0.3, 0.4) is 0 Å². The number of nitrogens with two attached hydrogens (primary N) is 1. The predicted octanol–water partition coefficient (Wildman–Crippen LogP) is 5.06. The van der Waals surface area contributed by atoms with Gasteiger partial charge < -0.3 is 15.2 Å². The number of aromatic nitrogens is 5. The number of pyridine rings is 1. The first-order chi connectivity index (χ1) is 17.2. The van der Waals surface area contributed by atoms with Gasteiger partial charge in [-0.3, -0.25) is 4.98 Å². The molecular weight excluding hydrogens is 474 g/mol. The lowest BCUT2D eigenvalue weighted by Crippen LogP contribution is -2.34. The van der Waals surface area contributed by atoms with E-state index in [1.165, 1.54) is 12.4 Å². The van der Waals surface area contributed by atoms with Crippen molar-refractivity contribution in [3.8, 4) is 22.4 Å². The van der Waals surface area contributed by atoms with Crippen LogP contribution in [0.15, 0.2) is 55.2 Å². The van der Waals surface area contributed by atoms with E-state index in [2.05, 4.69) is 24.8 Å². The molecule has 4 heterocycles. The molecule has 1 fully saturated rings. The number of nitrogen functional groups attached to an aromatic ring is 1. The second-order valence-corrected chi connectivity index (χ2v) is 8.74. The summed E-state index contributed by atoms with van der Waals surface area (Å²) < 4.78 is 55.1. The number of halogens is 4. The molecule has 0 unspecified atom stereocenters. The third-order valence-electron chi connectivity index (χ3n) is 6.47. The molecule has 7 nitrogen and oxygen atoms in total. The molecule has 0 saturated carbocycles. The van der Waals surface area contributed by atoms with Crippen LogP contribution in [-0.2, 0) is 13.2 Å². The highest BCUT2D eigenvalue weighted by atomic mass is 19.4. The van der Waals surface area contributed by atoms with E-state index in [9.17, 15) is 17.6 Å². The van der Waals surface area contributed by atoms with Gasteiger partial charge in [0, 0.05) is 50.2 Å². The number of benzene rings is 1. The molecular formula is C25H23F4N7. The van der Waals surface area contributed by atoms with Crippen LogP contribution in [0.4, 0.5) is 29.2 Å². The number of piperidine rings is 1. The normalized spacial score (nSPS) is 14.9. The van der Waals surface area contributed by atoms with Crippen LogP contribution in [0.25, 0.3) is 22.4 Å². The maximum absolute atomic E-state index is 13.7. The van der Waals surface area contributed by atoms with E-state index in [0.29, 0.717) is 24.6 Å². The Labute approximate surface area is 204 Å². The van der Waals surface area contributed by atoms with Crippen molar-refractivity contribution in [1.82, 2.24) is 24.5 Å². The largest absolute Gasteiger partial charge is 0.419 e. The zero-order chi connectivity index (χ0) is 25.4. The summed E-state index contributed by atoms with van der Waals surface area (Å²) in [6, 6.07) is 6.68. The van der Waals surface area contributed by atoms with E-state index in [4.69, 9.17) is 5.73 Å². The molecule has 1 aromatic carbocycles. The van der Waals surface area contributed by atoms with Crippen molar-refractivity contribution in [2.45, 2.75) is 24.9 Å². The molecule has 0 radical (unpaired) electrons. The monoisotopic (exact) mass is 497 g/mol. The van der Waals surface area contributed by atoms with Crippen molar-refractivity contribution in [1.29, 1.82) is 0 Å². The standard InChI is InChI=1S/C25H23F4N7/c1-35-13-20(17-2-3-19(26)18(12-17)25(27,28)29)34-23(35)16-6-10-36(11-7-16)24-21(22(30)32-14-33-24)15-4-8-31-9-5-15/h2-5,8-9,12-14,16H,6-7,10-11H2,1H3,(H2,30,32,33). The quantitative estimate of drug-likeness (QED) is 0.397. The summed E-state index contributed by atoms with van der Waals surface area (Å²) in [5, 5.41) is 0. The Morgan fingerprint density at radius 3 is 2.42 bits per heavy atom. The highest BCUT2D eigenvalue weighted by Crippen LogP contribution is 2.38. The summed E-state index contributed by atoms with van der Waals surface area (Å²) in [5.41, 5.74) is 7.14. The first-order valence-corrected chi connectivity index (χ1v) is 11.4. The number of nitrogens with zero attached hydrogens (tertiary/aromatic N) is 6. The fraction of sp³-hybridized carbons (Fsp3) is 0.280. The van der Waals surface area contributed by atoms with Crippen LogP contribution in [-0.4, -0.2) is 37.6 Å². The van der Waals surface area contributed by atoms with Gasteiger partial charge in [0.1, 0.15) is 29.6 Å². The lowest BCUT2D eigenvalue weighted by Gasteiger charge is -2.33. The molecule has 0 bridgehead atoms. The molecule has 3 aromatic heterocycles. The maximum Gasteiger partial charge on any atom is 0.419 e. The lowest BCUT2D eigenvalue weighted by molar-refractivity contribution is -0.139. The summed E-state index contributed by atoms with van der Waals surface area (Å²) in [4.78, 5) is 19.5. The Morgan fingerprint density at radius 1 is 1.00 bits per heavy atom. The van der Waals surface area contributed by atoms with Crippen molar-refractivity contribution in [2.24, 2.45) is 7.05 Å². The third-order valence-corrected chi connectivity index (χ3v) is 6.47. The first-order valence-electron chi connectivity index (χ1n) is 11.4. The minimum Gasteiger partial charge on any atom is -0.383 e. The average Bonchev–Trinajstić information content (AvgIpc) is 3.25. The fourth-order valence-corrected chi connectivity index (χ4v) is 4.68. The van der Waals surface area contributed by atoms with Crippen LogP contribution in [0.5, 0.6) is 0 Å². The second kappa shape index (κ2) is 9.21. The molecule has 0 spiro atoms. The summed E-state index contributed by atoms with van der Waals surface area (Å²) in [6.07, 6.45) is 3.27. The number of rotatable bonds is 4. The van der Waals surface area contributed by atoms with Gasteiger partial charge in [0.05, 0.1) is 16.8 Å². The number of hydrogen-bond acceptors (Lipinski definition) is 6. The van der Waals surface area contributed by atoms with E-state index in [-0.39, 0.29) is 11.5 Å². The van der Waals surface area contributed by atoms with E-state index in [0.717, 1.165) is 47.7 Å². The van der Waals surface area contributed by atoms with Gasteiger partial charge in [-0.1, -0.05) is 0 Å². The van der Waals surface area contributed by atoms with Crippen molar-refractivity contribution >= 4 is 11.6 Å². The number of aryl methyl sites for hydroxylation is 1. The van der Waals surface area contributed by atoms with Gasteiger partial charge in [0.25, 0.3) is 0 Å². The molecule has 1 saturated heterocycles. The minimum atomic E-state index is -4.77. The van der Waals surface area contributed by atoms with Crippen molar-refractivity contribution in [2.75, 3.05) is 23.7 Å². The van der Waals surface area contributed by atoms with Gasteiger partial charge in [-0.2, -0.15) is 13.2 Å². The highest BCUT2D eigenvalue weighted by Gasteiger charge is 2.34. The van der Waals surface area contributed by atoms with E-state index in [1.807, 2.05) is 23.7 Å². The fourth-order valence-electron chi connectivity index (χ4n) is 4.68. The third kappa shape index (κ3) is 4.48. The number of alkyl halides is 3. The van der Waals surface area contributed by atoms with Crippen LogP contribution in [0.2, 0.25) is 0 Å². The zero-order valence-corrected chi connectivity index (χ0v) is 19.4. The molecule has 2 N–H and O–H groups in total. The lowest BCUT2D eigenvalue weighted by atomic mass is 9.95. The van der Waals surface area contributed by atoms with Crippen LogP contribution < -0.4 is 10.6 Å². The van der Waals surface area contributed by atoms with E-state index in [1.54, 1.807) is 18.6 Å². The number of hydrogen-bond donors (Lipinski definition) is 1. The Balaban J connectivity index is 1.37. The molecule has 1 aliphatic heterocycles. The van der Waals surface area contributed by atoms with E-state index >= 15 is 0 Å². The van der Waals surface area contributed by atoms with Gasteiger partial charge in [-0.15, -0.1) is 0 Å². The van der Waals surface area contributed by atoms with Crippen molar-refractivity contribution in [3.63, 3.8) is 0 Å². The van der Waals surface area contributed by atoms with Crippen molar-refractivity contribution in [3.05, 3.63) is 72.5 Å². The summed E-state index contributed by atoms with van der Waals surface area (Å²) >= 11 is 0. The average molecular weight is 498 g/mol. The Hall–Kier alpha value is -4.02. The van der Waals surface area contributed by atoms with Gasteiger partial charge in [-0.05, 0) is 48.7 Å². The van der Waals surface area contributed by atoms with Crippen LogP contribution in [0.1, 0.15) is 30.1 Å². The SMILES string of the molecule is Cn1cc(-c2ccc(F)c(C(F)(F)F)c2)nc1C1CCN(c2ncnc(N)c2-c2ccncc2)CC1. The van der Waals surface area contributed by atoms with Crippen LogP contribution >= 0.6 is 0 Å². The molecule has 186 valence electrons. The molecule has 36 heavy (non-hydrogen) atoms. The Kier molecular flexibility index (Phi) is 6.07. The van der Waals surface area contributed by atoms with Gasteiger partial charge in [-0.25, -0.2) is 19.3 Å². The van der Waals surface area contributed by atoms with Gasteiger partial charge in [0.15, 0.2) is 0 Å². The predicted molar refractivity (Wildman–Crippen MR) is 127 cm³/mol. The zero-order valence-electron chi connectivity index (χ0n) is 19.4. The molecule has 0 aliphatic carbocycles. The smallest absolute Gasteiger partial charge is 0.383 e. The van der Waals surface area contributed by atoms with E-state index < -0.39 is 17.6 Å². The molecule has 1 aliphatic rings. The van der Waals surface area contributed by atoms with Gasteiger partial charge in [0.2, 0.25) is 0 Å². The Morgan fingerprint density at radius 2 is 1.72 bits per heavy atom. The number of imidazole rings is 1. The Bertz CT molecular complexity index is 1380. The first kappa shape index (κ1) is 23.7. The topological polar surface area (TPSA) is 85.8 Å². The summed E-state index contributed by atoms with van der Waals surface area (Å²) in [6.45, 7) is 1.38. The summed E-state index contributed by atoms with van der Waals surface area (Å²) in [5.74, 6) is 0.717. The van der Waals surface area contributed by atoms with Crippen LogP contribution in [0, 0.1) is 5.82 Å². The molecule has 0 amide bonds. The molecule has 5 rings (SSSR count). The maximum atomic E-state index is 13.7. The second-order valence-electron chi connectivity index (χ2n) is 8.74. The molecule has 4 aromatic rings. The number of anilines is 2.